The summed E-state index contributed by atoms with van der Waals surface area (Å²) in [6.07, 6.45) is 1.13. The number of Topliss-reactive ketones (excluding diaryl/α,β-unsaturated/α-hetero) is 1. The van der Waals surface area contributed by atoms with Crippen LogP contribution < -0.4 is 10.6 Å². The number of aryl methyl sites for hydroxylation is 1. The molecule has 9 heteroatoms. The highest BCUT2D eigenvalue weighted by Gasteiger charge is 2.33. The minimum absolute atomic E-state index is 0.0643. The van der Waals surface area contributed by atoms with E-state index < -0.39 is 42.2 Å². The van der Waals surface area contributed by atoms with Crippen LogP contribution in [0.3, 0.4) is 0 Å². The van der Waals surface area contributed by atoms with Crippen molar-refractivity contribution < 1.29 is 28.3 Å². The fraction of sp³-hybridized carbons (Fsp3) is 0.435. The van der Waals surface area contributed by atoms with Crippen molar-refractivity contribution in [1.29, 1.82) is 0 Å². The van der Waals surface area contributed by atoms with Gasteiger partial charge in [-0.2, -0.15) is 0 Å². The number of carbonyl (C=O) groups is 3. The van der Waals surface area contributed by atoms with Gasteiger partial charge in [0, 0.05) is 11.4 Å². The Labute approximate surface area is 184 Å². The van der Waals surface area contributed by atoms with Crippen LogP contribution in [0.4, 0.5) is 14.5 Å². The van der Waals surface area contributed by atoms with E-state index in [1.165, 1.54) is 29.7 Å². The molecule has 7 nitrogen and oxygen atoms in total. The number of nitrogens with one attached hydrogen (secondary N) is 2. The van der Waals surface area contributed by atoms with Gasteiger partial charge in [0.15, 0.2) is 0 Å². The van der Waals surface area contributed by atoms with Crippen molar-refractivity contribution in [2.24, 2.45) is 0 Å². The van der Waals surface area contributed by atoms with Crippen LogP contribution >= 0.6 is 0 Å². The highest BCUT2D eigenvalue weighted by Crippen LogP contribution is 2.25. The molecule has 1 aliphatic carbocycles. The maximum absolute atomic E-state index is 13.5. The van der Waals surface area contributed by atoms with E-state index in [9.17, 15) is 28.3 Å². The lowest BCUT2D eigenvalue weighted by molar-refractivity contribution is -0.118. The smallest absolute Gasteiger partial charge is 0.294 e. The van der Waals surface area contributed by atoms with E-state index in [4.69, 9.17) is 0 Å². The molecular weight excluding hydrogens is 420 g/mol. The number of alkyl halides is 1. The highest BCUT2D eigenvalue weighted by atomic mass is 19.1. The number of rotatable bonds is 7. The summed E-state index contributed by atoms with van der Waals surface area (Å²) in [6.45, 7) is 3.67. The minimum atomic E-state index is -0.905. The van der Waals surface area contributed by atoms with Gasteiger partial charge in [-0.1, -0.05) is 0 Å². The first-order valence-corrected chi connectivity index (χ1v) is 10.5. The molecule has 0 spiro atoms. The Morgan fingerprint density at radius 2 is 1.91 bits per heavy atom. The molecule has 3 N–H and O–H groups in total. The standard InChI is InChI=1S/C23H27F2N3O4/c1-12-11-15(7-8-16(12)25)26-22(31)19-13(2)20(28(10-9-24)14(19)3)21(30)23(32)27-17-5-4-6-18(17)29/h7-8,11,17-18,29H,4-6,9-10H2,1-3H3,(H,26,31)(H,27,32)/t17-,18-/m0/s1. The number of aliphatic hydroxyl groups is 1. The van der Waals surface area contributed by atoms with Crippen molar-refractivity contribution in [1.82, 2.24) is 9.88 Å². The lowest BCUT2D eigenvalue weighted by Gasteiger charge is -2.16. The number of ketones is 1. The van der Waals surface area contributed by atoms with Crippen molar-refractivity contribution in [3.63, 3.8) is 0 Å². The number of nitrogens with zero attached hydrogens (tertiary/aromatic N) is 1. The lowest BCUT2D eigenvalue weighted by atomic mass is 10.1. The van der Waals surface area contributed by atoms with Crippen LogP contribution in [0, 0.1) is 26.6 Å². The number of amides is 2. The maximum atomic E-state index is 13.5. The summed E-state index contributed by atoms with van der Waals surface area (Å²) in [4.78, 5) is 38.5. The van der Waals surface area contributed by atoms with Crippen molar-refractivity contribution >= 4 is 23.3 Å². The molecule has 0 bridgehead atoms. The molecule has 2 aromatic rings. The predicted molar refractivity (Wildman–Crippen MR) is 115 cm³/mol. The van der Waals surface area contributed by atoms with Gasteiger partial charge in [-0.3, -0.25) is 14.4 Å². The quantitative estimate of drug-likeness (QED) is 0.449. The Balaban J connectivity index is 1.92. The number of hydrogen-bond acceptors (Lipinski definition) is 4. The van der Waals surface area contributed by atoms with Crippen molar-refractivity contribution in [3.8, 4) is 0 Å². The van der Waals surface area contributed by atoms with Gasteiger partial charge < -0.3 is 20.3 Å². The maximum Gasteiger partial charge on any atom is 0.294 e. The Hall–Kier alpha value is -3.07. The monoisotopic (exact) mass is 447 g/mol. The molecule has 2 atom stereocenters. The fourth-order valence-corrected chi connectivity index (χ4v) is 4.25. The molecule has 0 aliphatic heterocycles. The Morgan fingerprint density at radius 1 is 1.19 bits per heavy atom. The summed E-state index contributed by atoms with van der Waals surface area (Å²) in [7, 11) is 0. The molecule has 0 saturated heterocycles. The number of halogens is 2. The SMILES string of the molecule is Cc1cc(NC(=O)c2c(C)c(C(=O)C(=O)N[C@H]3CCC[C@@H]3O)n(CCF)c2C)ccc1F. The van der Waals surface area contributed by atoms with Gasteiger partial charge in [0.1, 0.15) is 12.5 Å². The number of aromatic nitrogens is 1. The molecule has 32 heavy (non-hydrogen) atoms. The molecular formula is C23H27F2N3O4. The van der Waals surface area contributed by atoms with Crippen LogP contribution in [0.2, 0.25) is 0 Å². The van der Waals surface area contributed by atoms with Gasteiger partial charge in [-0.15, -0.1) is 0 Å². The lowest BCUT2D eigenvalue weighted by Crippen LogP contribution is -2.43. The third-order valence-electron chi connectivity index (χ3n) is 5.94. The third-order valence-corrected chi connectivity index (χ3v) is 5.94. The summed E-state index contributed by atoms with van der Waals surface area (Å²) >= 11 is 0. The third kappa shape index (κ3) is 4.57. The Kier molecular flexibility index (Phi) is 7.08. The number of anilines is 1. The zero-order valence-electron chi connectivity index (χ0n) is 18.3. The predicted octanol–water partition coefficient (Wildman–Crippen LogP) is 2.99. The fourth-order valence-electron chi connectivity index (χ4n) is 4.25. The van der Waals surface area contributed by atoms with Gasteiger partial charge in [0.2, 0.25) is 0 Å². The van der Waals surface area contributed by atoms with Crippen LogP contribution in [0.25, 0.3) is 0 Å². The number of hydrogen-bond donors (Lipinski definition) is 3. The second kappa shape index (κ2) is 9.60. The molecule has 1 aromatic heterocycles. The molecule has 0 unspecified atom stereocenters. The summed E-state index contributed by atoms with van der Waals surface area (Å²) in [5.74, 6) is -2.76. The van der Waals surface area contributed by atoms with Gasteiger partial charge in [0.25, 0.3) is 17.6 Å². The highest BCUT2D eigenvalue weighted by molar-refractivity contribution is 6.43. The molecule has 172 valence electrons. The van der Waals surface area contributed by atoms with E-state index in [0.717, 1.165) is 6.42 Å². The topological polar surface area (TPSA) is 100 Å². The van der Waals surface area contributed by atoms with E-state index in [2.05, 4.69) is 10.6 Å². The molecule has 1 saturated carbocycles. The van der Waals surface area contributed by atoms with E-state index >= 15 is 0 Å². The van der Waals surface area contributed by atoms with Crippen LogP contribution in [-0.4, -0.2) is 46.1 Å². The average Bonchev–Trinajstić information content (AvgIpc) is 3.24. The Bertz CT molecular complexity index is 1060. The summed E-state index contributed by atoms with van der Waals surface area (Å²) < 4.78 is 28.1. The first kappa shape index (κ1) is 23.6. The first-order chi connectivity index (χ1) is 15.1. The summed E-state index contributed by atoms with van der Waals surface area (Å²) in [6, 6.07) is 3.61. The van der Waals surface area contributed by atoms with Crippen LogP contribution in [0.1, 0.15) is 56.9 Å². The summed E-state index contributed by atoms with van der Waals surface area (Å²) in [5, 5.41) is 15.1. The van der Waals surface area contributed by atoms with Crippen molar-refractivity contribution in [2.45, 2.75) is 58.7 Å². The van der Waals surface area contributed by atoms with Crippen LogP contribution in [-0.2, 0) is 11.3 Å². The zero-order chi connectivity index (χ0) is 23.6. The molecule has 0 radical (unpaired) electrons. The van der Waals surface area contributed by atoms with Crippen LogP contribution in [0.15, 0.2) is 18.2 Å². The normalized spacial score (nSPS) is 17.9. The van der Waals surface area contributed by atoms with E-state index in [-0.39, 0.29) is 23.4 Å². The molecule has 1 heterocycles. The Morgan fingerprint density at radius 3 is 2.50 bits per heavy atom. The minimum Gasteiger partial charge on any atom is -0.391 e. The molecule has 2 amide bonds. The van der Waals surface area contributed by atoms with Crippen LogP contribution in [0.5, 0.6) is 0 Å². The van der Waals surface area contributed by atoms with E-state index in [1.54, 1.807) is 13.8 Å². The molecule has 1 fully saturated rings. The van der Waals surface area contributed by atoms with Gasteiger partial charge in [-0.25, -0.2) is 8.78 Å². The molecule has 1 aromatic carbocycles. The van der Waals surface area contributed by atoms with Crippen molar-refractivity contribution in [3.05, 3.63) is 52.1 Å². The number of carbonyl (C=O) groups excluding carboxylic acids is 3. The van der Waals surface area contributed by atoms with Gasteiger partial charge >= 0.3 is 0 Å². The first-order valence-electron chi connectivity index (χ1n) is 10.5. The second-order valence-electron chi connectivity index (χ2n) is 8.10. The molecule has 3 rings (SSSR count). The largest absolute Gasteiger partial charge is 0.391 e. The number of benzene rings is 1. The second-order valence-corrected chi connectivity index (χ2v) is 8.10. The van der Waals surface area contributed by atoms with E-state index in [0.29, 0.717) is 29.8 Å². The van der Waals surface area contributed by atoms with E-state index in [1.807, 2.05) is 0 Å². The van der Waals surface area contributed by atoms with Gasteiger partial charge in [-0.05, 0) is 69.4 Å². The van der Waals surface area contributed by atoms with Crippen molar-refractivity contribution in [2.75, 3.05) is 12.0 Å². The summed E-state index contributed by atoms with van der Waals surface area (Å²) in [5.41, 5.74) is 1.40. The molecule has 1 aliphatic rings. The van der Waals surface area contributed by atoms with Gasteiger partial charge in [0.05, 0.1) is 29.9 Å². The zero-order valence-corrected chi connectivity index (χ0v) is 18.3. The average molecular weight is 447 g/mol. The number of aliphatic hydroxyl groups excluding tert-OH is 1.